The molecule has 17 heavy (non-hydrogen) atoms. The van der Waals surface area contributed by atoms with Gasteiger partial charge in [0.05, 0.1) is 5.41 Å². The second-order valence-electron chi connectivity index (χ2n) is 5.18. The van der Waals surface area contributed by atoms with Crippen LogP contribution in [0.3, 0.4) is 0 Å². The average molecular weight is 252 g/mol. The maximum absolute atomic E-state index is 11.0. The molecule has 1 aromatic rings. The van der Waals surface area contributed by atoms with Gasteiger partial charge in [0, 0.05) is 10.1 Å². The molecule has 3 heteroatoms. The maximum atomic E-state index is 11.0. The number of thioether (sulfide) groups is 1. The Hall–Kier alpha value is -0.960. The van der Waals surface area contributed by atoms with E-state index in [1.54, 1.807) is 13.8 Å². The van der Waals surface area contributed by atoms with Gasteiger partial charge in [-0.15, -0.1) is 11.8 Å². The van der Waals surface area contributed by atoms with Gasteiger partial charge in [0.2, 0.25) is 0 Å². The molecule has 0 aliphatic rings. The highest BCUT2D eigenvalue weighted by atomic mass is 32.2. The lowest BCUT2D eigenvalue weighted by molar-refractivity contribution is -0.146. The van der Waals surface area contributed by atoms with Crippen LogP contribution in [0.15, 0.2) is 29.2 Å². The fourth-order valence-corrected chi connectivity index (χ4v) is 2.38. The van der Waals surface area contributed by atoms with Crippen LogP contribution in [-0.2, 0) is 11.2 Å². The first-order valence-corrected chi connectivity index (χ1v) is 6.68. The summed E-state index contributed by atoms with van der Waals surface area (Å²) in [5.41, 5.74) is 0.373. The lowest BCUT2D eigenvalue weighted by Crippen LogP contribution is -2.26. The van der Waals surface area contributed by atoms with E-state index in [0.717, 1.165) is 5.56 Å². The Morgan fingerprint density at radius 1 is 1.29 bits per heavy atom. The van der Waals surface area contributed by atoms with E-state index in [9.17, 15) is 4.79 Å². The van der Waals surface area contributed by atoms with Crippen LogP contribution in [0.1, 0.15) is 33.3 Å². The third-order valence-corrected chi connectivity index (χ3v) is 3.54. The van der Waals surface area contributed by atoms with Gasteiger partial charge in [0.25, 0.3) is 0 Å². The van der Waals surface area contributed by atoms with Crippen LogP contribution in [0.4, 0.5) is 0 Å². The smallest absolute Gasteiger partial charge is 0.309 e. The van der Waals surface area contributed by atoms with Gasteiger partial charge in [-0.25, -0.2) is 0 Å². The van der Waals surface area contributed by atoms with E-state index in [4.69, 9.17) is 5.11 Å². The van der Waals surface area contributed by atoms with Gasteiger partial charge in [-0.05, 0) is 38.0 Å². The zero-order valence-electron chi connectivity index (χ0n) is 10.9. The standard InChI is InChI=1S/C14H20O2S/c1-10(2)17-12-7-5-11(6-8-12)9-14(3,4)13(15)16/h5-8,10H,9H2,1-4H3,(H,15,16). The van der Waals surface area contributed by atoms with Crippen LogP contribution in [0, 0.1) is 5.41 Å². The molecule has 0 atom stereocenters. The van der Waals surface area contributed by atoms with E-state index < -0.39 is 11.4 Å². The quantitative estimate of drug-likeness (QED) is 0.809. The third kappa shape index (κ3) is 4.43. The molecule has 1 rings (SSSR count). The van der Waals surface area contributed by atoms with E-state index in [1.807, 2.05) is 23.9 Å². The second kappa shape index (κ2) is 5.58. The summed E-state index contributed by atoms with van der Waals surface area (Å²) in [6, 6.07) is 8.18. The molecule has 0 saturated heterocycles. The molecule has 0 fully saturated rings. The monoisotopic (exact) mass is 252 g/mol. The molecule has 0 saturated carbocycles. The number of benzene rings is 1. The van der Waals surface area contributed by atoms with Crippen molar-refractivity contribution in [2.45, 2.75) is 44.3 Å². The molecule has 0 aliphatic carbocycles. The minimum absolute atomic E-state index is 0.564. The highest BCUT2D eigenvalue weighted by Gasteiger charge is 2.27. The van der Waals surface area contributed by atoms with Gasteiger partial charge in [0.15, 0.2) is 0 Å². The summed E-state index contributed by atoms with van der Waals surface area (Å²) in [4.78, 5) is 12.3. The van der Waals surface area contributed by atoms with Crippen LogP contribution < -0.4 is 0 Å². The van der Waals surface area contributed by atoms with Crippen molar-refractivity contribution in [2.24, 2.45) is 5.41 Å². The zero-order chi connectivity index (χ0) is 13.1. The zero-order valence-corrected chi connectivity index (χ0v) is 11.7. The first-order chi connectivity index (χ1) is 7.81. The molecular formula is C14H20O2S. The number of carbonyl (C=O) groups is 1. The number of rotatable bonds is 5. The Balaban J connectivity index is 2.72. The van der Waals surface area contributed by atoms with Crippen molar-refractivity contribution in [2.75, 3.05) is 0 Å². The molecule has 1 N–H and O–H groups in total. The molecule has 0 amide bonds. The molecule has 0 unspecified atom stereocenters. The SMILES string of the molecule is CC(C)Sc1ccc(CC(C)(C)C(=O)O)cc1. The summed E-state index contributed by atoms with van der Waals surface area (Å²) in [7, 11) is 0. The van der Waals surface area contributed by atoms with Gasteiger partial charge in [-0.2, -0.15) is 0 Å². The molecule has 0 radical (unpaired) electrons. The number of carboxylic acid groups (broad SMARTS) is 1. The summed E-state index contributed by atoms with van der Waals surface area (Å²) < 4.78 is 0. The Kier molecular flexibility index (Phi) is 4.63. The molecule has 0 bridgehead atoms. The number of carboxylic acids is 1. The van der Waals surface area contributed by atoms with Crippen LogP contribution in [-0.4, -0.2) is 16.3 Å². The molecule has 1 aromatic carbocycles. The van der Waals surface area contributed by atoms with Crippen molar-refractivity contribution in [3.8, 4) is 0 Å². The lowest BCUT2D eigenvalue weighted by atomic mass is 9.86. The summed E-state index contributed by atoms with van der Waals surface area (Å²) in [5, 5.41) is 9.64. The molecule has 0 aromatic heterocycles. The van der Waals surface area contributed by atoms with Crippen LogP contribution >= 0.6 is 11.8 Å². The van der Waals surface area contributed by atoms with E-state index in [2.05, 4.69) is 26.0 Å². The molecule has 94 valence electrons. The van der Waals surface area contributed by atoms with Gasteiger partial charge < -0.3 is 5.11 Å². The fraction of sp³-hybridized carbons (Fsp3) is 0.500. The molecule has 0 heterocycles. The minimum Gasteiger partial charge on any atom is -0.481 e. The normalized spacial score (nSPS) is 11.8. The Morgan fingerprint density at radius 2 is 1.82 bits per heavy atom. The number of hydrogen-bond donors (Lipinski definition) is 1. The van der Waals surface area contributed by atoms with Crippen molar-refractivity contribution in [3.63, 3.8) is 0 Å². The van der Waals surface area contributed by atoms with Gasteiger partial charge in [0.1, 0.15) is 0 Å². The van der Waals surface area contributed by atoms with Crippen molar-refractivity contribution in [3.05, 3.63) is 29.8 Å². The van der Waals surface area contributed by atoms with Crippen LogP contribution in [0.2, 0.25) is 0 Å². The molecule has 0 aliphatic heterocycles. The van der Waals surface area contributed by atoms with Gasteiger partial charge in [-0.3, -0.25) is 4.79 Å². The van der Waals surface area contributed by atoms with E-state index >= 15 is 0 Å². The summed E-state index contributed by atoms with van der Waals surface area (Å²) in [6.07, 6.45) is 0.564. The summed E-state index contributed by atoms with van der Waals surface area (Å²) >= 11 is 1.82. The predicted octanol–water partition coefficient (Wildman–Crippen LogP) is 3.84. The number of hydrogen-bond acceptors (Lipinski definition) is 2. The first-order valence-electron chi connectivity index (χ1n) is 5.80. The molecule has 0 spiro atoms. The van der Waals surface area contributed by atoms with Gasteiger partial charge in [-0.1, -0.05) is 26.0 Å². The van der Waals surface area contributed by atoms with Crippen molar-refractivity contribution < 1.29 is 9.90 Å². The Bertz CT molecular complexity index is 380. The highest BCUT2D eigenvalue weighted by molar-refractivity contribution is 7.99. The largest absolute Gasteiger partial charge is 0.481 e. The van der Waals surface area contributed by atoms with Crippen LogP contribution in [0.5, 0.6) is 0 Å². The maximum Gasteiger partial charge on any atom is 0.309 e. The van der Waals surface area contributed by atoms with Gasteiger partial charge >= 0.3 is 5.97 Å². The molecule has 2 nitrogen and oxygen atoms in total. The average Bonchev–Trinajstić information content (AvgIpc) is 2.19. The van der Waals surface area contributed by atoms with Crippen LogP contribution in [0.25, 0.3) is 0 Å². The molecular weight excluding hydrogens is 232 g/mol. The topological polar surface area (TPSA) is 37.3 Å². The minimum atomic E-state index is -0.752. The summed E-state index contributed by atoms with van der Waals surface area (Å²) in [5.74, 6) is -0.752. The Labute approximate surface area is 107 Å². The highest BCUT2D eigenvalue weighted by Crippen LogP contribution is 2.26. The fourth-order valence-electron chi connectivity index (χ4n) is 1.54. The van der Waals surface area contributed by atoms with E-state index in [0.29, 0.717) is 11.7 Å². The van der Waals surface area contributed by atoms with E-state index in [1.165, 1.54) is 4.90 Å². The lowest BCUT2D eigenvalue weighted by Gasteiger charge is -2.19. The second-order valence-corrected chi connectivity index (χ2v) is 6.83. The summed E-state index contributed by atoms with van der Waals surface area (Å²) in [6.45, 7) is 7.83. The number of aliphatic carboxylic acids is 1. The first kappa shape index (κ1) is 14.1. The van der Waals surface area contributed by atoms with Crippen molar-refractivity contribution >= 4 is 17.7 Å². The van der Waals surface area contributed by atoms with E-state index in [-0.39, 0.29) is 0 Å². The van der Waals surface area contributed by atoms with Crippen molar-refractivity contribution in [1.29, 1.82) is 0 Å². The third-order valence-electron chi connectivity index (χ3n) is 2.52. The predicted molar refractivity (Wildman–Crippen MR) is 72.6 cm³/mol. The Morgan fingerprint density at radius 3 is 2.24 bits per heavy atom. The van der Waals surface area contributed by atoms with Crippen molar-refractivity contribution in [1.82, 2.24) is 0 Å².